The standard InChI is InChI=1S/C18H20BrClN2O3/c19-15-2-1-11(6-16(15)20)13-8-22(9-13)18(24)21-4-3-17-12(7-21)5-14(23)10-25-17/h1-2,6,12-13,17H,3-5,7-10H2/t12-,17+/m1/s1. The van der Waals surface area contributed by atoms with Crippen LogP contribution in [0, 0.1) is 5.92 Å². The Kier molecular flexibility index (Phi) is 4.77. The first-order valence-corrected chi connectivity index (χ1v) is 9.80. The number of hydrogen-bond acceptors (Lipinski definition) is 3. The minimum Gasteiger partial charge on any atom is -0.370 e. The zero-order chi connectivity index (χ0) is 17.6. The van der Waals surface area contributed by atoms with Gasteiger partial charge in [0.1, 0.15) is 6.61 Å². The lowest BCUT2D eigenvalue weighted by Crippen LogP contribution is -2.58. The largest absolute Gasteiger partial charge is 0.370 e. The number of Topliss-reactive ketones (excluding diaryl/α,β-unsaturated/α-hetero) is 1. The number of rotatable bonds is 1. The molecule has 3 saturated heterocycles. The first-order valence-electron chi connectivity index (χ1n) is 8.63. The van der Waals surface area contributed by atoms with Crippen molar-refractivity contribution >= 4 is 39.3 Å². The van der Waals surface area contributed by atoms with Crippen LogP contribution in [0.15, 0.2) is 22.7 Å². The van der Waals surface area contributed by atoms with E-state index >= 15 is 0 Å². The van der Waals surface area contributed by atoms with Crippen molar-refractivity contribution in [2.75, 3.05) is 32.8 Å². The van der Waals surface area contributed by atoms with Crippen LogP contribution in [0.2, 0.25) is 5.02 Å². The van der Waals surface area contributed by atoms with Gasteiger partial charge in [0.05, 0.1) is 11.1 Å². The minimum absolute atomic E-state index is 0.0796. The predicted octanol–water partition coefficient (Wildman–Crippen LogP) is 3.30. The highest BCUT2D eigenvalue weighted by molar-refractivity contribution is 9.10. The van der Waals surface area contributed by atoms with Crippen molar-refractivity contribution in [1.29, 1.82) is 0 Å². The van der Waals surface area contributed by atoms with Crippen molar-refractivity contribution in [3.8, 4) is 0 Å². The zero-order valence-corrected chi connectivity index (χ0v) is 16.1. The summed E-state index contributed by atoms with van der Waals surface area (Å²) in [5.74, 6) is 0.639. The van der Waals surface area contributed by atoms with E-state index < -0.39 is 0 Å². The van der Waals surface area contributed by atoms with E-state index in [2.05, 4.69) is 22.0 Å². The number of ether oxygens (including phenoxy) is 1. The number of nitrogens with zero attached hydrogens (tertiary/aromatic N) is 2. The molecule has 1 aromatic rings. The fourth-order valence-electron chi connectivity index (χ4n) is 3.96. The van der Waals surface area contributed by atoms with E-state index in [1.54, 1.807) is 0 Å². The van der Waals surface area contributed by atoms with Crippen LogP contribution in [0.3, 0.4) is 0 Å². The van der Waals surface area contributed by atoms with Gasteiger partial charge in [-0.05, 0) is 40.0 Å². The second-order valence-electron chi connectivity index (χ2n) is 7.15. The molecule has 0 radical (unpaired) electrons. The Morgan fingerprint density at radius 3 is 2.80 bits per heavy atom. The van der Waals surface area contributed by atoms with Crippen LogP contribution in [-0.4, -0.2) is 60.5 Å². The van der Waals surface area contributed by atoms with E-state index in [0.29, 0.717) is 30.5 Å². The van der Waals surface area contributed by atoms with Crippen LogP contribution in [0.25, 0.3) is 0 Å². The third-order valence-corrected chi connectivity index (χ3v) is 6.68. The Hall–Kier alpha value is -1.11. The molecule has 3 aliphatic heterocycles. The normalized spacial score (nSPS) is 27.0. The molecule has 0 aliphatic carbocycles. The monoisotopic (exact) mass is 426 g/mol. The molecule has 7 heteroatoms. The molecule has 0 spiro atoms. The Bertz CT molecular complexity index is 708. The molecule has 0 aromatic heterocycles. The Morgan fingerprint density at radius 1 is 1.24 bits per heavy atom. The van der Waals surface area contributed by atoms with Crippen molar-refractivity contribution in [3.05, 3.63) is 33.3 Å². The molecular weight excluding hydrogens is 408 g/mol. The number of hydrogen-bond donors (Lipinski definition) is 0. The number of carbonyl (C=O) groups excluding carboxylic acids is 2. The van der Waals surface area contributed by atoms with E-state index in [0.717, 1.165) is 24.0 Å². The molecule has 0 N–H and O–H groups in total. The van der Waals surface area contributed by atoms with Crippen LogP contribution in [0.1, 0.15) is 24.3 Å². The first-order chi connectivity index (χ1) is 12.0. The lowest BCUT2D eigenvalue weighted by molar-refractivity contribution is -0.140. The SMILES string of the molecule is O=C1CO[C@H]2CCN(C(=O)N3CC(c4ccc(Br)c(Cl)c4)C3)C[C@H]2C1. The molecule has 4 rings (SSSR count). The zero-order valence-electron chi connectivity index (χ0n) is 13.8. The molecule has 5 nitrogen and oxygen atoms in total. The molecule has 2 atom stereocenters. The van der Waals surface area contributed by atoms with Gasteiger partial charge in [-0.1, -0.05) is 17.7 Å². The minimum atomic E-state index is 0.0796. The van der Waals surface area contributed by atoms with Gasteiger partial charge in [0.25, 0.3) is 0 Å². The molecule has 2 amide bonds. The van der Waals surface area contributed by atoms with Crippen LogP contribution in [0.4, 0.5) is 4.79 Å². The molecule has 3 fully saturated rings. The van der Waals surface area contributed by atoms with Gasteiger partial charge in [0, 0.05) is 48.9 Å². The van der Waals surface area contributed by atoms with Crippen molar-refractivity contribution in [1.82, 2.24) is 9.80 Å². The second kappa shape index (κ2) is 6.89. The number of urea groups is 1. The topological polar surface area (TPSA) is 49.9 Å². The number of fused-ring (bicyclic) bond motifs is 1. The number of benzene rings is 1. The van der Waals surface area contributed by atoms with Gasteiger partial charge in [-0.2, -0.15) is 0 Å². The summed E-state index contributed by atoms with van der Waals surface area (Å²) < 4.78 is 6.49. The number of amides is 2. The van der Waals surface area contributed by atoms with Gasteiger partial charge in [-0.25, -0.2) is 4.79 Å². The van der Waals surface area contributed by atoms with Crippen LogP contribution in [-0.2, 0) is 9.53 Å². The summed E-state index contributed by atoms with van der Waals surface area (Å²) in [5, 5.41) is 0.700. The van der Waals surface area contributed by atoms with Crippen molar-refractivity contribution in [3.63, 3.8) is 0 Å². The maximum atomic E-state index is 12.7. The summed E-state index contributed by atoms with van der Waals surface area (Å²) in [6.07, 6.45) is 1.49. The molecule has 0 bridgehead atoms. The average Bonchev–Trinajstić information content (AvgIpc) is 2.56. The summed E-state index contributed by atoms with van der Waals surface area (Å²) >= 11 is 9.56. The average molecular weight is 428 g/mol. The molecule has 3 heterocycles. The van der Waals surface area contributed by atoms with E-state index in [4.69, 9.17) is 16.3 Å². The third-order valence-electron chi connectivity index (χ3n) is 5.45. The molecule has 0 saturated carbocycles. The second-order valence-corrected chi connectivity index (χ2v) is 8.41. The molecular formula is C18H20BrClN2O3. The fourth-order valence-corrected chi connectivity index (χ4v) is 4.40. The van der Waals surface area contributed by atoms with Gasteiger partial charge in [0.15, 0.2) is 5.78 Å². The number of likely N-dealkylation sites (tertiary alicyclic amines) is 2. The molecule has 3 aliphatic rings. The molecule has 0 unspecified atom stereocenters. The third kappa shape index (κ3) is 3.44. The number of piperidine rings is 1. The van der Waals surface area contributed by atoms with Gasteiger partial charge in [-0.15, -0.1) is 0 Å². The van der Waals surface area contributed by atoms with E-state index in [1.807, 2.05) is 21.9 Å². The number of halogens is 2. The fraction of sp³-hybridized carbons (Fsp3) is 0.556. The highest BCUT2D eigenvalue weighted by Gasteiger charge is 2.40. The van der Waals surface area contributed by atoms with Crippen LogP contribution >= 0.6 is 27.5 Å². The summed E-state index contributed by atoms with van der Waals surface area (Å²) in [5.41, 5.74) is 1.17. The van der Waals surface area contributed by atoms with E-state index in [9.17, 15) is 9.59 Å². The molecule has 25 heavy (non-hydrogen) atoms. The lowest BCUT2D eigenvalue weighted by Gasteiger charge is -2.46. The summed E-state index contributed by atoms with van der Waals surface area (Å²) in [6.45, 7) is 3.01. The van der Waals surface area contributed by atoms with Crippen molar-refractivity contribution in [2.24, 2.45) is 5.92 Å². The Balaban J connectivity index is 1.34. The van der Waals surface area contributed by atoms with Crippen molar-refractivity contribution in [2.45, 2.75) is 24.9 Å². The lowest BCUT2D eigenvalue weighted by atomic mass is 9.87. The highest BCUT2D eigenvalue weighted by atomic mass is 79.9. The number of ketones is 1. The smallest absolute Gasteiger partial charge is 0.320 e. The predicted molar refractivity (Wildman–Crippen MR) is 97.9 cm³/mol. The summed E-state index contributed by atoms with van der Waals surface area (Å²) in [4.78, 5) is 28.1. The van der Waals surface area contributed by atoms with Gasteiger partial charge in [0.2, 0.25) is 0 Å². The highest BCUT2D eigenvalue weighted by Crippen LogP contribution is 2.33. The summed E-state index contributed by atoms with van der Waals surface area (Å²) in [7, 11) is 0. The van der Waals surface area contributed by atoms with Crippen molar-refractivity contribution < 1.29 is 14.3 Å². The van der Waals surface area contributed by atoms with Gasteiger partial charge < -0.3 is 14.5 Å². The van der Waals surface area contributed by atoms with Gasteiger partial charge in [-0.3, -0.25) is 4.79 Å². The van der Waals surface area contributed by atoms with Crippen LogP contribution < -0.4 is 0 Å². The quantitative estimate of drug-likeness (QED) is 0.691. The number of carbonyl (C=O) groups is 2. The van der Waals surface area contributed by atoms with E-state index in [1.165, 1.54) is 5.56 Å². The first kappa shape index (κ1) is 17.3. The Morgan fingerprint density at radius 2 is 2.04 bits per heavy atom. The maximum Gasteiger partial charge on any atom is 0.320 e. The molecule has 1 aromatic carbocycles. The summed E-state index contributed by atoms with van der Waals surface area (Å²) in [6, 6.07) is 6.05. The van der Waals surface area contributed by atoms with Gasteiger partial charge >= 0.3 is 6.03 Å². The molecule has 134 valence electrons. The maximum absolute atomic E-state index is 12.7. The Labute approximate surface area is 160 Å². The van der Waals surface area contributed by atoms with Crippen LogP contribution in [0.5, 0.6) is 0 Å². The van der Waals surface area contributed by atoms with E-state index in [-0.39, 0.29) is 30.4 Å².